The molecule has 15 heteroatoms. The van der Waals surface area contributed by atoms with Gasteiger partial charge < -0.3 is 49.3 Å². The molecule has 1 aliphatic rings. The molecule has 226 valence electrons. The van der Waals surface area contributed by atoms with E-state index in [4.69, 9.17) is 22.9 Å². The number of carboxylic acids is 1. The van der Waals surface area contributed by atoms with Crippen LogP contribution in [0, 0.1) is 0 Å². The van der Waals surface area contributed by atoms with E-state index < -0.39 is 42.0 Å². The van der Waals surface area contributed by atoms with Gasteiger partial charge in [0.05, 0.1) is 6.04 Å². The molecule has 1 aliphatic heterocycles. The lowest BCUT2D eigenvalue weighted by Gasteiger charge is -2.25. The van der Waals surface area contributed by atoms with Gasteiger partial charge in [0, 0.05) is 19.5 Å². The van der Waals surface area contributed by atoms with Crippen molar-refractivity contribution in [3.8, 4) is 0 Å². The fourth-order valence-electron chi connectivity index (χ4n) is 4.32. The molecule has 0 aliphatic carbocycles. The van der Waals surface area contributed by atoms with Crippen LogP contribution in [0.4, 0.5) is 0 Å². The Morgan fingerprint density at radius 1 is 0.854 bits per heavy atom. The number of nitrogens with two attached hydrogens (primary N) is 4. The maximum Gasteiger partial charge on any atom is 0.326 e. The number of carbonyl (C=O) groups excluding carboxylic acids is 3. The summed E-state index contributed by atoms with van der Waals surface area (Å²) < 4.78 is 0. The third-order valence-corrected chi connectivity index (χ3v) is 6.43. The van der Waals surface area contributed by atoms with Crippen LogP contribution in [0.2, 0.25) is 0 Å². The molecule has 0 aromatic heterocycles. The highest BCUT2D eigenvalue weighted by molar-refractivity contribution is 5.94. The number of nitrogens with one attached hydrogen (secondary N) is 4. The number of aliphatic carboxylic acids is 1. The number of nitrogens with zero attached hydrogens (tertiary/aromatic N) is 2. The number of aliphatic imine (C=N–C) groups is 2. The Labute approximate surface area is 239 Å². The highest BCUT2D eigenvalue weighted by Crippen LogP contribution is 2.09. The lowest BCUT2D eigenvalue weighted by atomic mass is 10.0. The Bertz CT molecular complexity index is 1070. The van der Waals surface area contributed by atoms with Crippen molar-refractivity contribution in [1.82, 2.24) is 21.3 Å². The largest absolute Gasteiger partial charge is 0.480 e. The van der Waals surface area contributed by atoms with Gasteiger partial charge in [0.2, 0.25) is 17.7 Å². The van der Waals surface area contributed by atoms with E-state index in [1.807, 2.05) is 30.3 Å². The van der Waals surface area contributed by atoms with Crippen LogP contribution in [0.5, 0.6) is 0 Å². The van der Waals surface area contributed by atoms with Crippen molar-refractivity contribution >= 4 is 35.6 Å². The van der Waals surface area contributed by atoms with Crippen LogP contribution < -0.4 is 44.2 Å². The van der Waals surface area contributed by atoms with Gasteiger partial charge in [0.25, 0.3) is 0 Å². The van der Waals surface area contributed by atoms with Gasteiger partial charge in [-0.15, -0.1) is 0 Å². The number of carbonyl (C=O) groups is 4. The summed E-state index contributed by atoms with van der Waals surface area (Å²) in [7, 11) is 0. The van der Waals surface area contributed by atoms with E-state index in [0.717, 1.165) is 12.0 Å². The normalized spacial score (nSPS) is 16.4. The van der Waals surface area contributed by atoms with Gasteiger partial charge in [-0.3, -0.25) is 24.4 Å². The molecule has 4 atom stereocenters. The average molecular weight is 575 g/mol. The Hall–Kier alpha value is -4.40. The highest BCUT2D eigenvalue weighted by Gasteiger charge is 2.31. The first-order valence-corrected chi connectivity index (χ1v) is 13.6. The minimum atomic E-state index is -1.24. The summed E-state index contributed by atoms with van der Waals surface area (Å²) in [6.45, 7) is 1.10. The first-order valence-electron chi connectivity index (χ1n) is 13.6. The molecule has 3 amide bonds. The number of hydrogen-bond acceptors (Lipinski definition) is 7. The van der Waals surface area contributed by atoms with E-state index >= 15 is 0 Å². The van der Waals surface area contributed by atoms with Crippen LogP contribution in [-0.4, -0.2) is 84.5 Å². The first-order chi connectivity index (χ1) is 19.6. The maximum atomic E-state index is 13.5. The second-order valence-electron chi connectivity index (χ2n) is 9.76. The number of guanidine groups is 2. The summed E-state index contributed by atoms with van der Waals surface area (Å²) in [5, 5.41) is 20.7. The molecule has 2 rings (SSSR count). The number of carboxylic acid groups (broad SMARTS) is 1. The van der Waals surface area contributed by atoms with E-state index in [1.165, 1.54) is 0 Å². The van der Waals surface area contributed by atoms with Crippen molar-refractivity contribution in [2.45, 2.75) is 69.1 Å². The third kappa shape index (κ3) is 12.5. The summed E-state index contributed by atoms with van der Waals surface area (Å²) in [5.74, 6) is -3.06. The monoisotopic (exact) mass is 574 g/mol. The molecule has 4 unspecified atom stereocenters. The van der Waals surface area contributed by atoms with Crippen LogP contribution in [-0.2, 0) is 25.6 Å². The second-order valence-corrected chi connectivity index (χ2v) is 9.76. The topological polar surface area (TPSA) is 265 Å². The van der Waals surface area contributed by atoms with Crippen molar-refractivity contribution in [2.24, 2.45) is 32.9 Å². The minimum Gasteiger partial charge on any atom is -0.480 e. The van der Waals surface area contributed by atoms with E-state index in [2.05, 4.69) is 31.3 Å². The van der Waals surface area contributed by atoms with Gasteiger partial charge in [0.15, 0.2) is 11.9 Å². The minimum absolute atomic E-state index is 0.0631. The number of rotatable bonds is 17. The molecule has 0 spiro atoms. The molecule has 1 fully saturated rings. The van der Waals surface area contributed by atoms with Crippen LogP contribution in [0.15, 0.2) is 40.3 Å². The van der Waals surface area contributed by atoms with Gasteiger partial charge in [0.1, 0.15) is 18.1 Å². The lowest BCUT2D eigenvalue weighted by molar-refractivity contribution is -0.142. The quantitative estimate of drug-likeness (QED) is 0.0542. The Kier molecular flexibility index (Phi) is 13.9. The van der Waals surface area contributed by atoms with Crippen molar-refractivity contribution in [2.75, 3.05) is 19.6 Å². The lowest BCUT2D eigenvalue weighted by Crippen LogP contribution is -2.57. The molecular formula is C26H42N10O5. The number of hydrogen-bond donors (Lipinski definition) is 9. The standard InChI is InChI=1S/C26H42N10O5/c27-25(28)32-13-5-10-18(22(38)35-19(24(40)41)11-6-14-33-26(29)30)34-23(39)20(15-16-7-2-1-3-8-16)36-21(37)17-9-4-12-31-17/h1-3,7-8,17-20,31H,4-6,9-15H2,(H,34,39)(H,35,38)(H,36,37)(H,40,41)(H4,27,28,32)(H4,29,30,33). The molecule has 1 aromatic carbocycles. The van der Waals surface area contributed by atoms with Gasteiger partial charge in [-0.2, -0.15) is 0 Å². The summed E-state index contributed by atoms with van der Waals surface area (Å²) in [5.41, 5.74) is 22.2. The predicted molar refractivity (Wildman–Crippen MR) is 154 cm³/mol. The van der Waals surface area contributed by atoms with Crippen molar-refractivity contribution in [1.29, 1.82) is 0 Å². The third-order valence-electron chi connectivity index (χ3n) is 6.43. The molecule has 41 heavy (non-hydrogen) atoms. The summed E-state index contributed by atoms with van der Waals surface area (Å²) in [4.78, 5) is 59.1. The van der Waals surface area contributed by atoms with Crippen molar-refractivity contribution in [3.05, 3.63) is 35.9 Å². The maximum absolute atomic E-state index is 13.5. The number of benzene rings is 1. The average Bonchev–Trinajstić information content (AvgIpc) is 3.47. The van der Waals surface area contributed by atoms with E-state index in [9.17, 15) is 24.3 Å². The van der Waals surface area contributed by atoms with E-state index in [0.29, 0.717) is 25.8 Å². The summed E-state index contributed by atoms with van der Waals surface area (Å²) in [6.07, 6.45) is 2.50. The molecule has 1 saturated heterocycles. The van der Waals surface area contributed by atoms with Gasteiger partial charge >= 0.3 is 5.97 Å². The van der Waals surface area contributed by atoms with Crippen LogP contribution >= 0.6 is 0 Å². The zero-order valence-corrected chi connectivity index (χ0v) is 23.1. The van der Waals surface area contributed by atoms with Crippen LogP contribution in [0.1, 0.15) is 44.1 Å². The fraction of sp³-hybridized carbons (Fsp3) is 0.538. The van der Waals surface area contributed by atoms with Gasteiger partial charge in [-0.05, 0) is 50.6 Å². The van der Waals surface area contributed by atoms with Crippen molar-refractivity contribution < 1.29 is 24.3 Å². The molecule has 0 radical (unpaired) electrons. The predicted octanol–water partition coefficient (Wildman–Crippen LogP) is -2.37. The molecule has 1 aromatic rings. The smallest absolute Gasteiger partial charge is 0.326 e. The Morgan fingerprint density at radius 3 is 1.95 bits per heavy atom. The zero-order valence-electron chi connectivity index (χ0n) is 23.1. The molecule has 15 nitrogen and oxygen atoms in total. The first kappa shape index (κ1) is 32.8. The van der Waals surface area contributed by atoms with Crippen molar-refractivity contribution in [3.63, 3.8) is 0 Å². The second kappa shape index (κ2) is 17.3. The van der Waals surface area contributed by atoms with Gasteiger partial charge in [-0.25, -0.2) is 4.79 Å². The van der Waals surface area contributed by atoms with Gasteiger partial charge in [-0.1, -0.05) is 30.3 Å². The van der Waals surface area contributed by atoms with Crippen LogP contribution in [0.25, 0.3) is 0 Å². The molecule has 13 N–H and O–H groups in total. The molecular weight excluding hydrogens is 532 g/mol. The fourth-order valence-corrected chi connectivity index (χ4v) is 4.32. The van der Waals surface area contributed by atoms with Crippen LogP contribution in [0.3, 0.4) is 0 Å². The molecule has 0 bridgehead atoms. The zero-order chi connectivity index (χ0) is 30.2. The Morgan fingerprint density at radius 2 is 1.41 bits per heavy atom. The summed E-state index contributed by atoms with van der Waals surface area (Å²) in [6, 6.07) is 5.42. The molecule has 0 saturated carbocycles. The SMILES string of the molecule is NC(N)=NCCCC(NC(=O)C(CCCN=C(N)N)NC(=O)C(Cc1ccccc1)NC(=O)C1CCCN1)C(=O)O. The van der Waals surface area contributed by atoms with E-state index in [1.54, 1.807) is 0 Å². The summed E-state index contributed by atoms with van der Waals surface area (Å²) >= 11 is 0. The molecule has 1 heterocycles. The Balaban J connectivity index is 2.18. The number of amides is 3. The van der Waals surface area contributed by atoms with E-state index in [-0.39, 0.29) is 50.2 Å². The highest BCUT2D eigenvalue weighted by atomic mass is 16.4.